The second-order valence-corrected chi connectivity index (χ2v) is 5.59. The van der Waals surface area contributed by atoms with Gasteiger partial charge in [0, 0.05) is 25.8 Å². The summed E-state index contributed by atoms with van der Waals surface area (Å²) in [7, 11) is 1.71. The van der Waals surface area contributed by atoms with E-state index in [9.17, 15) is 14.4 Å². The fourth-order valence-corrected chi connectivity index (χ4v) is 2.80. The van der Waals surface area contributed by atoms with Crippen molar-refractivity contribution < 1.29 is 14.4 Å². The molecule has 0 spiro atoms. The van der Waals surface area contributed by atoms with Crippen LogP contribution in [0.4, 0.5) is 10.5 Å². The first-order chi connectivity index (χ1) is 10.5. The van der Waals surface area contributed by atoms with Crippen molar-refractivity contribution in [2.45, 2.75) is 12.5 Å². The summed E-state index contributed by atoms with van der Waals surface area (Å²) in [5, 5.41) is 5.64. The number of urea groups is 1. The number of benzene rings is 1. The Bertz CT molecular complexity index is 631. The normalized spacial score (nSPS) is 20.7. The van der Waals surface area contributed by atoms with E-state index in [1.165, 1.54) is 4.90 Å². The largest absolute Gasteiger partial charge is 0.347 e. The lowest BCUT2D eigenvalue weighted by molar-refractivity contribution is -0.123. The first-order valence-electron chi connectivity index (χ1n) is 7.23. The SMILES string of the molecule is CN1CCN(CC(=O)N[C@H]2CC(=O)Nc3ccccc32)C1=O. The molecule has 0 aliphatic carbocycles. The lowest BCUT2D eigenvalue weighted by atomic mass is 9.97. The van der Waals surface area contributed by atoms with E-state index in [2.05, 4.69) is 10.6 Å². The standard InChI is InChI=1S/C15H18N4O3/c1-18-6-7-19(15(18)22)9-14(21)17-12-8-13(20)16-11-5-3-2-4-10(11)12/h2-5,12H,6-9H2,1H3,(H,16,20)(H,17,21)/t12-/m0/s1. The number of rotatable bonds is 3. The van der Waals surface area contributed by atoms with Crippen molar-refractivity contribution in [2.24, 2.45) is 0 Å². The third-order valence-electron chi connectivity index (χ3n) is 3.97. The van der Waals surface area contributed by atoms with Gasteiger partial charge in [0.1, 0.15) is 6.54 Å². The summed E-state index contributed by atoms with van der Waals surface area (Å²) in [6.45, 7) is 1.19. The van der Waals surface area contributed by atoms with Crippen LogP contribution in [-0.2, 0) is 9.59 Å². The number of nitrogens with one attached hydrogen (secondary N) is 2. The average Bonchev–Trinajstić information content (AvgIpc) is 2.79. The Balaban J connectivity index is 1.67. The van der Waals surface area contributed by atoms with E-state index in [1.807, 2.05) is 24.3 Å². The zero-order valence-corrected chi connectivity index (χ0v) is 12.3. The number of hydrogen-bond acceptors (Lipinski definition) is 3. The van der Waals surface area contributed by atoms with Crippen molar-refractivity contribution in [3.05, 3.63) is 29.8 Å². The molecule has 3 rings (SSSR count). The van der Waals surface area contributed by atoms with Gasteiger partial charge in [-0.15, -0.1) is 0 Å². The first kappa shape index (κ1) is 14.4. The number of para-hydroxylation sites is 1. The molecule has 4 amide bonds. The number of fused-ring (bicyclic) bond motifs is 1. The molecule has 116 valence electrons. The van der Waals surface area contributed by atoms with Gasteiger partial charge in [-0.25, -0.2) is 4.79 Å². The number of carbonyl (C=O) groups is 3. The van der Waals surface area contributed by atoms with Crippen LogP contribution in [0, 0.1) is 0 Å². The topological polar surface area (TPSA) is 81.8 Å². The van der Waals surface area contributed by atoms with E-state index in [1.54, 1.807) is 11.9 Å². The Morgan fingerprint density at radius 3 is 2.82 bits per heavy atom. The second-order valence-electron chi connectivity index (χ2n) is 5.59. The average molecular weight is 302 g/mol. The molecule has 2 aliphatic rings. The second kappa shape index (κ2) is 5.67. The summed E-state index contributed by atoms with van der Waals surface area (Å²) >= 11 is 0. The summed E-state index contributed by atoms with van der Waals surface area (Å²) in [4.78, 5) is 38.8. The predicted molar refractivity (Wildman–Crippen MR) is 80.2 cm³/mol. The zero-order valence-electron chi connectivity index (χ0n) is 12.3. The zero-order chi connectivity index (χ0) is 15.7. The van der Waals surface area contributed by atoms with Gasteiger partial charge in [0.05, 0.1) is 12.5 Å². The first-order valence-corrected chi connectivity index (χ1v) is 7.23. The molecule has 1 fully saturated rings. The summed E-state index contributed by atoms with van der Waals surface area (Å²) < 4.78 is 0. The monoisotopic (exact) mass is 302 g/mol. The number of hydrogen-bond donors (Lipinski definition) is 2. The van der Waals surface area contributed by atoms with Crippen molar-refractivity contribution in [1.29, 1.82) is 0 Å². The van der Waals surface area contributed by atoms with Crippen molar-refractivity contribution in [3.63, 3.8) is 0 Å². The molecule has 0 aromatic heterocycles. The number of carbonyl (C=O) groups excluding carboxylic acids is 3. The number of nitrogens with zero attached hydrogens (tertiary/aromatic N) is 2. The van der Waals surface area contributed by atoms with Crippen LogP contribution >= 0.6 is 0 Å². The fourth-order valence-electron chi connectivity index (χ4n) is 2.80. The van der Waals surface area contributed by atoms with Crippen molar-refractivity contribution in [2.75, 3.05) is 32.0 Å². The van der Waals surface area contributed by atoms with E-state index in [-0.39, 0.29) is 36.9 Å². The third kappa shape index (κ3) is 2.74. The maximum Gasteiger partial charge on any atom is 0.320 e. The molecule has 1 aromatic carbocycles. The van der Waals surface area contributed by atoms with Crippen molar-refractivity contribution in [3.8, 4) is 0 Å². The van der Waals surface area contributed by atoms with Gasteiger partial charge in [0.2, 0.25) is 11.8 Å². The Hall–Kier alpha value is -2.57. The van der Waals surface area contributed by atoms with Crippen LogP contribution < -0.4 is 10.6 Å². The van der Waals surface area contributed by atoms with Gasteiger partial charge in [-0.05, 0) is 11.6 Å². The van der Waals surface area contributed by atoms with Gasteiger partial charge in [-0.2, -0.15) is 0 Å². The minimum atomic E-state index is -0.354. The number of amides is 4. The van der Waals surface area contributed by atoms with E-state index >= 15 is 0 Å². The number of anilines is 1. The van der Waals surface area contributed by atoms with Crippen LogP contribution in [0.3, 0.4) is 0 Å². The lowest BCUT2D eigenvalue weighted by Gasteiger charge is -2.27. The van der Waals surface area contributed by atoms with Crippen LogP contribution in [0.5, 0.6) is 0 Å². The summed E-state index contributed by atoms with van der Waals surface area (Å²) in [5.74, 6) is -0.376. The molecule has 2 aliphatic heterocycles. The molecular weight excluding hydrogens is 284 g/mol. The van der Waals surface area contributed by atoms with Crippen molar-refractivity contribution in [1.82, 2.24) is 15.1 Å². The van der Waals surface area contributed by atoms with Crippen LogP contribution in [0.1, 0.15) is 18.0 Å². The van der Waals surface area contributed by atoms with Crippen LogP contribution in [-0.4, -0.2) is 54.3 Å². The van der Waals surface area contributed by atoms with Crippen LogP contribution in [0.2, 0.25) is 0 Å². The minimum absolute atomic E-state index is 0.0173. The summed E-state index contributed by atoms with van der Waals surface area (Å²) in [6.07, 6.45) is 0.205. The molecule has 2 N–H and O–H groups in total. The molecule has 2 heterocycles. The Labute approximate surface area is 128 Å². The molecule has 7 heteroatoms. The van der Waals surface area contributed by atoms with Crippen molar-refractivity contribution >= 4 is 23.5 Å². The quantitative estimate of drug-likeness (QED) is 0.855. The molecule has 0 unspecified atom stereocenters. The Morgan fingerprint density at radius 1 is 1.32 bits per heavy atom. The van der Waals surface area contributed by atoms with E-state index in [0.717, 1.165) is 11.3 Å². The molecule has 0 bridgehead atoms. The Kier molecular flexibility index (Phi) is 3.70. The highest BCUT2D eigenvalue weighted by Gasteiger charge is 2.30. The summed E-state index contributed by atoms with van der Waals surface area (Å²) in [5.41, 5.74) is 1.61. The minimum Gasteiger partial charge on any atom is -0.347 e. The number of likely N-dealkylation sites (N-methyl/N-ethyl adjacent to an activating group) is 1. The Morgan fingerprint density at radius 2 is 2.09 bits per heavy atom. The highest BCUT2D eigenvalue weighted by atomic mass is 16.2. The van der Waals surface area contributed by atoms with Gasteiger partial charge in [-0.1, -0.05) is 18.2 Å². The maximum absolute atomic E-state index is 12.2. The molecule has 0 radical (unpaired) electrons. The third-order valence-corrected chi connectivity index (χ3v) is 3.97. The lowest BCUT2D eigenvalue weighted by Crippen LogP contribution is -2.42. The molecule has 0 saturated carbocycles. The van der Waals surface area contributed by atoms with E-state index in [0.29, 0.717) is 13.1 Å². The van der Waals surface area contributed by atoms with Gasteiger partial charge < -0.3 is 20.4 Å². The highest BCUT2D eigenvalue weighted by molar-refractivity contribution is 5.95. The molecule has 22 heavy (non-hydrogen) atoms. The smallest absolute Gasteiger partial charge is 0.320 e. The predicted octanol–water partition coefficient (Wildman–Crippen LogP) is 0.554. The van der Waals surface area contributed by atoms with Crippen LogP contribution in [0.15, 0.2) is 24.3 Å². The van der Waals surface area contributed by atoms with Gasteiger partial charge in [-0.3, -0.25) is 9.59 Å². The van der Waals surface area contributed by atoms with Crippen LogP contribution in [0.25, 0.3) is 0 Å². The highest BCUT2D eigenvalue weighted by Crippen LogP contribution is 2.29. The maximum atomic E-state index is 12.2. The molecular formula is C15H18N4O3. The van der Waals surface area contributed by atoms with Gasteiger partial charge >= 0.3 is 6.03 Å². The van der Waals surface area contributed by atoms with Gasteiger partial charge in [0.15, 0.2) is 0 Å². The molecule has 7 nitrogen and oxygen atoms in total. The van der Waals surface area contributed by atoms with Gasteiger partial charge in [0.25, 0.3) is 0 Å². The molecule has 1 aromatic rings. The van der Waals surface area contributed by atoms with E-state index in [4.69, 9.17) is 0 Å². The molecule has 1 saturated heterocycles. The fraction of sp³-hybridized carbons (Fsp3) is 0.400. The van der Waals surface area contributed by atoms with E-state index < -0.39 is 0 Å². The summed E-state index contributed by atoms with van der Waals surface area (Å²) in [6, 6.07) is 6.90. The molecule has 1 atom stereocenters.